The van der Waals surface area contributed by atoms with Crippen LogP contribution in [0.15, 0.2) is 24.8 Å². The summed E-state index contributed by atoms with van der Waals surface area (Å²) in [5.74, 6) is 0.478. The van der Waals surface area contributed by atoms with Crippen LogP contribution in [0.3, 0.4) is 0 Å². The van der Waals surface area contributed by atoms with Crippen molar-refractivity contribution in [1.29, 1.82) is 0 Å². The smallest absolute Gasteiger partial charge is 0.416 e. The minimum Gasteiger partial charge on any atom is -0.493 e. The normalized spacial score (nSPS) is 11.6. The van der Waals surface area contributed by atoms with Crippen molar-refractivity contribution >= 4 is 6.08 Å². The predicted octanol–water partition coefficient (Wildman–Crippen LogP) is 4.38. The Morgan fingerprint density at radius 3 is 2.47 bits per heavy atom. The van der Waals surface area contributed by atoms with Gasteiger partial charge in [0.2, 0.25) is 0 Å². The predicted molar refractivity (Wildman–Crippen MR) is 61.9 cm³/mol. The maximum atomic E-state index is 12.5. The summed E-state index contributed by atoms with van der Waals surface area (Å²) >= 11 is 0. The molecule has 1 aromatic carbocycles. The Kier molecular flexibility index (Phi) is 4.21. The van der Waals surface area contributed by atoms with Crippen molar-refractivity contribution in [3.05, 3.63) is 35.9 Å². The number of alkyl halides is 3. The third kappa shape index (κ3) is 3.80. The van der Waals surface area contributed by atoms with E-state index < -0.39 is 11.7 Å². The third-order valence-corrected chi connectivity index (χ3v) is 2.13. The molecule has 1 rings (SSSR count). The van der Waals surface area contributed by atoms with E-state index in [1.807, 2.05) is 13.8 Å². The maximum absolute atomic E-state index is 12.5. The van der Waals surface area contributed by atoms with Gasteiger partial charge in [-0.2, -0.15) is 13.2 Å². The molecule has 0 saturated heterocycles. The van der Waals surface area contributed by atoms with Crippen molar-refractivity contribution in [3.8, 4) is 5.75 Å². The summed E-state index contributed by atoms with van der Waals surface area (Å²) in [5.41, 5.74) is -0.138. The van der Waals surface area contributed by atoms with E-state index in [1.165, 1.54) is 12.1 Å². The molecule has 4 heteroatoms. The van der Waals surface area contributed by atoms with Gasteiger partial charge in [0, 0.05) is 5.56 Å². The molecule has 0 atom stereocenters. The van der Waals surface area contributed by atoms with Gasteiger partial charge in [0.15, 0.2) is 0 Å². The molecule has 0 radical (unpaired) electrons. The number of benzene rings is 1. The van der Waals surface area contributed by atoms with Gasteiger partial charge in [0.25, 0.3) is 0 Å². The second-order valence-corrected chi connectivity index (χ2v) is 4.16. The van der Waals surface area contributed by atoms with Crippen LogP contribution < -0.4 is 4.74 Å². The van der Waals surface area contributed by atoms with Crippen LogP contribution in [-0.2, 0) is 6.18 Å². The number of hydrogen-bond donors (Lipinski definition) is 0. The van der Waals surface area contributed by atoms with Crippen LogP contribution in [0.2, 0.25) is 0 Å². The van der Waals surface area contributed by atoms with Crippen molar-refractivity contribution in [3.63, 3.8) is 0 Å². The van der Waals surface area contributed by atoms with Crippen LogP contribution in [-0.4, -0.2) is 6.61 Å². The molecule has 0 fully saturated rings. The van der Waals surface area contributed by atoms with Gasteiger partial charge in [-0.25, -0.2) is 0 Å². The monoisotopic (exact) mass is 244 g/mol. The van der Waals surface area contributed by atoms with Crippen LogP contribution in [0, 0.1) is 5.92 Å². The highest BCUT2D eigenvalue weighted by Crippen LogP contribution is 2.33. The molecule has 0 amide bonds. The first kappa shape index (κ1) is 13.6. The molecule has 0 heterocycles. The molecule has 17 heavy (non-hydrogen) atoms. The largest absolute Gasteiger partial charge is 0.493 e. The first-order valence-electron chi connectivity index (χ1n) is 5.31. The van der Waals surface area contributed by atoms with Crippen LogP contribution in [0.1, 0.15) is 25.0 Å². The minimum absolute atomic E-state index is 0.225. The van der Waals surface area contributed by atoms with Gasteiger partial charge in [-0.15, -0.1) is 0 Å². The summed E-state index contributed by atoms with van der Waals surface area (Å²) in [6, 6.07) is 3.41. The summed E-state index contributed by atoms with van der Waals surface area (Å²) < 4.78 is 42.9. The Morgan fingerprint density at radius 1 is 1.35 bits per heavy atom. The van der Waals surface area contributed by atoms with Gasteiger partial charge < -0.3 is 4.74 Å². The van der Waals surface area contributed by atoms with Gasteiger partial charge in [0.05, 0.1) is 12.2 Å². The fraction of sp³-hybridized carbons (Fsp3) is 0.385. The minimum atomic E-state index is -4.35. The Morgan fingerprint density at radius 2 is 2.00 bits per heavy atom. The molecule has 0 saturated carbocycles. The molecule has 1 aromatic rings. The van der Waals surface area contributed by atoms with Gasteiger partial charge in [-0.1, -0.05) is 32.6 Å². The van der Waals surface area contributed by atoms with E-state index in [9.17, 15) is 13.2 Å². The molecule has 0 bridgehead atoms. The van der Waals surface area contributed by atoms with E-state index in [-0.39, 0.29) is 11.7 Å². The molecule has 0 unspecified atom stereocenters. The zero-order valence-electron chi connectivity index (χ0n) is 9.84. The Balaban J connectivity index is 3.02. The fourth-order valence-corrected chi connectivity index (χ4v) is 1.26. The average Bonchev–Trinajstić information content (AvgIpc) is 2.24. The van der Waals surface area contributed by atoms with E-state index in [1.54, 1.807) is 0 Å². The highest BCUT2D eigenvalue weighted by Gasteiger charge is 2.31. The van der Waals surface area contributed by atoms with Crippen LogP contribution in [0.5, 0.6) is 5.75 Å². The third-order valence-electron chi connectivity index (χ3n) is 2.13. The average molecular weight is 244 g/mol. The van der Waals surface area contributed by atoms with Crippen molar-refractivity contribution in [1.82, 2.24) is 0 Å². The number of halogens is 3. The highest BCUT2D eigenvalue weighted by molar-refractivity contribution is 5.56. The fourth-order valence-electron chi connectivity index (χ4n) is 1.26. The van der Waals surface area contributed by atoms with Crippen molar-refractivity contribution in [2.24, 2.45) is 5.92 Å². The second kappa shape index (κ2) is 5.25. The van der Waals surface area contributed by atoms with E-state index in [2.05, 4.69) is 6.58 Å². The van der Waals surface area contributed by atoms with Gasteiger partial charge >= 0.3 is 6.18 Å². The number of hydrogen-bond acceptors (Lipinski definition) is 1. The molecular formula is C13H15F3O. The van der Waals surface area contributed by atoms with Gasteiger partial charge in [0.1, 0.15) is 5.75 Å². The summed E-state index contributed by atoms with van der Waals surface area (Å²) in [4.78, 5) is 0. The first-order valence-corrected chi connectivity index (χ1v) is 5.31. The first-order chi connectivity index (χ1) is 7.84. The van der Waals surface area contributed by atoms with Crippen molar-refractivity contribution in [2.75, 3.05) is 6.61 Å². The van der Waals surface area contributed by atoms with Gasteiger partial charge in [-0.3, -0.25) is 0 Å². The summed E-state index contributed by atoms with van der Waals surface area (Å²) in [7, 11) is 0. The lowest BCUT2D eigenvalue weighted by molar-refractivity contribution is -0.137. The summed E-state index contributed by atoms with van der Waals surface area (Å²) in [6.45, 7) is 7.79. The second-order valence-electron chi connectivity index (χ2n) is 4.16. The van der Waals surface area contributed by atoms with Crippen LogP contribution in [0.4, 0.5) is 13.2 Å². The summed E-state index contributed by atoms with van der Waals surface area (Å²) in [5, 5.41) is 0. The molecule has 1 nitrogen and oxygen atoms in total. The van der Waals surface area contributed by atoms with Crippen molar-refractivity contribution in [2.45, 2.75) is 20.0 Å². The Bertz CT molecular complexity index is 394. The summed E-state index contributed by atoms with van der Waals surface area (Å²) in [6.07, 6.45) is -2.87. The lowest BCUT2D eigenvalue weighted by Gasteiger charge is -2.14. The van der Waals surface area contributed by atoms with Crippen molar-refractivity contribution < 1.29 is 17.9 Å². The molecule has 0 aromatic heterocycles. The number of ether oxygens (including phenoxy) is 1. The lowest BCUT2D eigenvalue weighted by atomic mass is 10.1. The molecular weight excluding hydrogens is 229 g/mol. The Hall–Kier alpha value is -1.45. The maximum Gasteiger partial charge on any atom is 0.416 e. The topological polar surface area (TPSA) is 9.23 Å². The van der Waals surface area contributed by atoms with E-state index in [0.717, 1.165) is 12.1 Å². The quantitative estimate of drug-likeness (QED) is 0.763. The van der Waals surface area contributed by atoms with E-state index >= 15 is 0 Å². The standard InChI is InChI=1S/C13H15F3O/c1-4-10-5-6-11(13(14,15)16)7-12(10)17-8-9(2)3/h4-7,9H,1,8H2,2-3H3. The SMILES string of the molecule is C=Cc1ccc(C(F)(F)F)cc1OCC(C)C. The highest BCUT2D eigenvalue weighted by atomic mass is 19.4. The zero-order chi connectivity index (χ0) is 13.1. The molecule has 94 valence electrons. The number of rotatable bonds is 4. The zero-order valence-corrected chi connectivity index (χ0v) is 9.84. The molecule has 0 aliphatic rings. The molecule has 0 aliphatic heterocycles. The van der Waals surface area contributed by atoms with E-state index in [0.29, 0.717) is 12.2 Å². The lowest BCUT2D eigenvalue weighted by Crippen LogP contribution is -2.08. The molecule has 0 N–H and O–H groups in total. The van der Waals surface area contributed by atoms with Crippen LogP contribution >= 0.6 is 0 Å². The molecule has 0 aliphatic carbocycles. The molecule has 0 spiro atoms. The Labute approximate surface area is 98.9 Å². The van der Waals surface area contributed by atoms with E-state index in [4.69, 9.17) is 4.74 Å². The van der Waals surface area contributed by atoms with Crippen LogP contribution in [0.25, 0.3) is 6.08 Å². The van der Waals surface area contributed by atoms with Gasteiger partial charge in [-0.05, 0) is 18.1 Å².